The number of hydrogen-bond acceptors (Lipinski definition) is 7. The standard InChI is InChI=1S/C24H28Cl2FN7O2/c25-13-8-17(26)20(18(27)9-13)32-24-31-19-11-29-23(30-14-2-1-3-16(35)10-14)33-22(19)34(24)15-6-4-12(5-7-15)21(28)36/h8-9,11-12,14-16,35H,1-7,10H2,(H2,28,36)(H,31,32)(H,29,30,33)/t12-,14-,15+,16+/m0/s1. The molecule has 0 radical (unpaired) electrons. The Labute approximate surface area is 217 Å². The topological polar surface area (TPSA) is 131 Å². The Kier molecular flexibility index (Phi) is 7.18. The van der Waals surface area contributed by atoms with Gasteiger partial charge in [0.15, 0.2) is 5.65 Å². The third kappa shape index (κ3) is 5.21. The van der Waals surface area contributed by atoms with Crippen LogP contribution in [-0.2, 0) is 4.79 Å². The van der Waals surface area contributed by atoms with E-state index < -0.39 is 5.82 Å². The van der Waals surface area contributed by atoms with Crippen molar-refractivity contribution < 1.29 is 14.3 Å². The van der Waals surface area contributed by atoms with Gasteiger partial charge in [0.2, 0.25) is 17.8 Å². The molecule has 1 aromatic carbocycles. The lowest BCUT2D eigenvalue weighted by Crippen LogP contribution is -2.30. The second-order valence-electron chi connectivity index (χ2n) is 9.65. The van der Waals surface area contributed by atoms with Crippen molar-refractivity contribution in [2.75, 3.05) is 10.6 Å². The SMILES string of the molecule is NC(=O)[C@H]1CC[C@@H](n2c(Nc3c(F)cc(Cl)cc3Cl)nc3cnc(N[C@H]4CCC[C@@H](O)C4)nc32)CC1. The highest BCUT2D eigenvalue weighted by molar-refractivity contribution is 6.36. The highest BCUT2D eigenvalue weighted by Gasteiger charge is 2.30. The van der Waals surface area contributed by atoms with Crippen molar-refractivity contribution in [1.82, 2.24) is 19.5 Å². The first-order chi connectivity index (χ1) is 17.3. The van der Waals surface area contributed by atoms with Gasteiger partial charge in [-0.05, 0) is 63.5 Å². The number of benzene rings is 1. The molecule has 1 amide bonds. The van der Waals surface area contributed by atoms with Crippen molar-refractivity contribution in [2.24, 2.45) is 11.7 Å². The summed E-state index contributed by atoms with van der Waals surface area (Å²) in [5.74, 6) is -0.250. The van der Waals surface area contributed by atoms with Crippen molar-refractivity contribution in [1.29, 1.82) is 0 Å². The van der Waals surface area contributed by atoms with E-state index in [2.05, 4.69) is 20.6 Å². The molecule has 2 saturated carbocycles. The van der Waals surface area contributed by atoms with E-state index in [0.717, 1.165) is 19.3 Å². The summed E-state index contributed by atoms with van der Waals surface area (Å²) in [5, 5.41) is 16.7. The van der Waals surface area contributed by atoms with Crippen LogP contribution in [0.2, 0.25) is 10.0 Å². The number of carbonyl (C=O) groups is 1. The van der Waals surface area contributed by atoms with Crippen LogP contribution < -0.4 is 16.4 Å². The number of imidazole rings is 1. The molecule has 2 aliphatic carbocycles. The van der Waals surface area contributed by atoms with E-state index in [4.69, 9.17) is 33.9 Å². The lowest BCUT2D eigenvalue weighted by atomic mass is 9.85. The predicted octanol–water partition coefficient (Wildman–Crippen LogP) is 4.95. The molecule has 2 fully saturated rings. The number of aromatic nitrogens is 4. The quantitative estimate of drug-likeness (QED) is 0.351. The number of primary amides is 1. The summed E-state index contributed by atoms with van der Waals surface area (Å²) in [6, 6.07) is 2.68. The molecule has 5 N–H and O–H groups in total. The van der Waals surface area contributed by atoms with E-state index in [1.165, 1.54) is 12.1 Å². The number of aliphatic hydroxyl groups is 1. The molecular weight excluding hydrogens is 508 g/mol. The maximum atomic E-state index is 14.7. The van der Waals surface area contributed by atoms with Gasteiger partial charge in [-0.2, -0.15) is 4.98 Å². The fraction of sp³-hybridized carbons (Fsp3) is 0.500. The van der Waals surface area contributed by atoms with Crippen molar-refractivity contribution >= 4 is 57.9 Å². The summed E-state index contributed by atoms with van der Waals surface area (Å²) in [5.41, 5.74) is 6.71. The monoisotopic (exact) mass is 535 g/mol. The molecule has 0 saturated heterocycles. The molecule has 9 nitrogen and oxygen atoms in total. The zero-order valence-corrected chi connectivity index (χ0v) is 21.1. The van der Waals surface area contributed by atoms with Crippen molar-refractivity contribution in [3.8, 4) is 0 Å². The van der Waals surface area contributed by atoms with Crippen molar-refractivity contribution in [2.45, 2.75) is 69.6 Å². The summed E-state index contributed by atoms with van der Waals surface area (Å²) < 4.78 is 16.7. The maximum absolute atomic E-state index is 14.7. The minimum atomic E-state index is -0.604. The molecule has 36 heavy (non-hydrogen) atoms. The number of nitrogens with one attached hydrogen (secondary N) is 2. The fourth-order valence-electron chi connectivity index (χ4n) is 5.26. The molecule has 0 unspecified atom stereocenters. The van der Waals surface area contributed by atoms with Crippen LogP contribution in [0.3, 0.4) is 0 Å². The van der Waals surface area contributed by atoms with Gasteiger partial charge in [0, 0.05) is 23.0 Å². The number of aliphatic hydroxyl groups excluding tert-OH is 1. The fourth-order valence-corrected chi connectivity index (χ4v) is 5.78. The summed E-state index contributed by atoms with van der Waals surface area (Å²) in [7, 11) is 0. The van der Waals surface area contributed by atoms with E-state index in [0.29, 0.717) is 55.2 Å². The summed E-state index contributed by atoms with van der Waals surface area (Å²) in [6.07, 6.45) is 7.26. The van der Waals surface area contributed by atoms with Gasteiger partial charge in [0.05, 0.1) is 23.0 Å². The summed E-state index contributed by atoms with van der Waals surface area (Å²) in [6.45, 7) is 0. The van der Waals surface area contributed by atoms with E-state index in [1.807, 2.05) is 4.57 Å². The van der Waals surface area contributed by atoms with Gasteiger partial charge >= 0.3 is 0 Å². The van der Waals surface area contributed by atoms with E-state index in [-0.39, 0.29) is 45.7 Å². The van der Waals surface area contributed by atoms with E-state index in [1.54, 1.807) is 6.20 Å². The number of halogens is 3. The van der Waals surface area contributed by atoms with Crippen molar-refractivity contribution in [3.63, 3.8) is 0 Å². The van der Waals surface area contributed by atoms with Gasteiger partial charge in [0.1, 0.15) is 11.3 Å². The third-order valence-electron chi connectivity index (χ3n) is 7.12. The van der Waals surface area contributed by atoms with Crippen molar-refractivity contribution in [3.05, 3.63) is 34.2 Å². The highest BCUT2D eigenvalue weighted by atomic mass is 35.5. The maximum Gasteiger partial charge on any atom is 0.224 e. The normalized spacial score (nSPS) is 24.6. The molecule has 2 aliphatic rings. The number of nitrogens with two attached hydrogens (primary N) is 1. The van der Waals surface area contributed by atoms with E-state index >= 15 is 0 Å². The minimum absolute atomic E-state index is 0.0403. The van der Waals surface area contributed by atoms with Gasteiger partial charge in [-0.1, -0.05) is 23.2 Å². The number of nitrogens with zero attached hydrogens (tertiary/aromatic N) is 4. The largest absolute Gasteiger partial charge is 0.393 e. The second kappa shape index (κ2) is 10.4. The van der Waals surface area contributed by atoms with Crippen LogP contribution in [0, 0.1) is 11.7 Å². The lowest BCUT2D eigenvalue weighted by molar-refractivity contribution is -0.122. The minimum Gasteiger partial charge on any atom is -0.393 e. The number of amides is 1. The highest BCUT2D eigenvalue weighted by Crippen LogP contribution is 2.38. The smallest absolute Gasteiger partial charge is 0.224 e. The first-order valence-electron chi connectivity index (χ1n) is 12.2. The molecule has 0 aliphatic heterocycles. The summed E-state index contributed by atoms with van der Waals surface area (Å²) >= 11 is 12.2. The third-order valence-corrected chi connectivity index (χ3v) is 7.64. The average Bonchev–Trinajstić information content (AvgIpc) is 3.18. The number of carbonyl (C=O) groups excluding carboxylic acids is 1. The Hall–Kier alpha value is -2.69. The Balaban J connectivity index is 1.51. The zero-order valence-electron chi connectivity index (χ0n) is 19.6. The molecule has 0 bridgehead atoms. The first kappa shape index (κ1) is 25.0. The molecule has 2 atom stereocenters. The molecule has 2 heterocycles. The zero-order chi connectivity index (χ0) is 25.4. The molecule has 3 aromatic rings. The molecular formula is C24H28Cl2FN7O2. The van der Waals surface area contributed by atoms with Crippen LogP contribution >= 0.6 is 23.2 Å². The number of rotatable bonds is 6. The number of anilines is 3. The lowest BCUT2D eigenvalue weighted by Gasteiger charge is -2.29. The second-order valence-corrected chi connectivity index (χ2v) is 10.5. The van der Waals surface area contributed by atoms with E-state index in [9.17, 15) is 14.3 Å². The Morgan fingerprint density at radius 2 is 1.92 bits per heavy atom. The number of hydrogen-bond donors (Lipinski definition) is 4. The summed E-state index contributed by atoms with van der Waals surface area (Å²) in [4.78, 5) is 25.5. The van der Waals surface area contributed by atoms with Gasteiger partial charge in [-0.25, -0.2) is 14.4 Å². The van der Waals surface area contributed by atoms with Crippen LogP contribution in [0.25, 0.3) is 11.2 Å². The molecule has 192 valence electrons. The first-order valence-corrected chi connectivity index (χ1v) is 12.9. The van der Waals surface area contributed by atoms with Crippen LogP contribution in [0.1, 0.15) is 57.4 Å². The Bertz CT molecular complexity index is 1260. The molecule has 5 rings (SSSR count). The van der Waals surface area contributed by atoms with Crippen LogP contribution in [0.4, 0.5) is 22.0 Å². The predicted molar refractivity (Wildman–Crippen MR) is 137 cm³/mol. The van der Waals surface area contributed by atoms with Crippen LogP contribution in [0.5, 0.6) is 0 Å². The van der Waals surface area contributed by atoms with Crippen LogP contribution in [0.15, 0.2) is 18.3 Å². The molecule has 12 heteroatoms. The molecule has 0 spiro atoms. The van der Waals surface area contributed by atoms with Gasteiger partial charge < -0.3 is 21.5 Å². The Morgan fingerprint density at radius 3 is 2.61 bits per heavy atom. The van der Waals surface area contributed by atoms with Gasteiger partial charge in [-0.3, -0.25) is 9.36 Å². The van der Waals surface area contributed by atoms with Crippen LogP contribution in [-0.4, -0.2) is 42.7 Å². The molecule has 2 aromatic heterocycles. The van der Waals surface area contributed by atoms with Gasteiger partial charge in [0.25, 0.3) is 0 Å². The Morgan fingerprint density at radius 1 is 1.14 bits per heavy atom. The average molecular weight is 536 g/mol. The number of fused-ring (bicyclic) bond motifs is 1. The van der Waals surface area contributed by atoms with Gasteiger partial charge in [-0.15, -0.1) is 0 Å².